The van der Waals surface area contributed by atoms with E-state index in [1.54, 1.807) is 18.2 Å². The van der Waals surface area contributed by atoms with E-state index in [0.717, 1.165) is 24.0 Å². The first-order chi connectivity index (χ1) is 21.0. The molecule has 4 aromatic rings. The lowest BCUT2D eigenvalue weighted by atomic mass is 10.1. The zero-order valence-corrected chi connectivity index (χ0v) is 25.9. The van der Waals surface area contributed by atoms with Gasteiger partial charge in [-0.05, 0) is 90.9 Å². The number of esters is 2. The van der Waals surface area contributed by atoms with E-state index in [0.29, 0.717) is 50.3 Å². The molecule has 2 aliphatic carbocycles. The summed E-state index contributed by atoms with van der Waals surface area (Å²) in [5, 5.41) is 12.3. The number of halogens is 4. The summed E-state index contributed by atoms with van der Waals surface area (Å²) >= 11 is 23.5. The molecule has 8 nitrogen and oxygen atoms in total. The number of nitro benzene ring substituents is 1. The van der Waals surface area contributed by atoms with E-state index < -0.39 is 23.0 Å². The van der Waals surface area contributed by atoms with E-state index in [-0.39, 0.29) is 16.8 Å². The first-order valence-electron chi connectivity index (χ1n) is 13.5. The number of carbonyl (C=O) groups excluding carboxylic acids is 2. The van der Waals surface area contributed by atoms with E-state index in [9.17, 15) is 19.7 Å². The Labute approximate surface area is 272 Å². The van der Waals surface area contributed by atoms with Crippen LogP contribution in [0, 0.1) is 10.1 Å². The fourth-order valence-electron chi connectivity index (χ4n) is 5.13. The second kappa shape index (κ2) is 13.4. The number of benzene rings is 4. The van der Waals surface area contributed by atoms with Crippen LogP contribution in [0.4, 0.5) is 11.4 Å². The van der Waals surface area contributed by atoms with Crippen molar-refractivity contribution in [1.82, 2.24) is 0 Å². The number of carbonyl (C=O) groups is 2. The van der Waals surface area contributed by atoms with Crippen molar-refractivity contribution in [2.75, 3.05) is 5.73 Å². The maximum Gasteiger partial charge on any atom is 0.338 e. The molecule has 0 radical (unpaired) electrons. The Kier molecular flexibility index (Phi) is 9.65. The molecule has 0 aliphatic heterocycles. The second-order valence-electron chi connectivity index (χ2n) is 10.2. The highest BCUT2D eigenvalue weighted by atomic mass is 35.5. The Morgan fingerprint density at radius 1 is 0.682 bits per heavy atom. The molecule has 2 atom stereocenters. The van der Waals surface area contributed by atoms with E-state index in [4.69, 9.17) is 61.6 Å². The largest absolute Gasteiger partial charge is 0.454 e. The molecule has 0 spiro atoms. The highest BCUT2D eigenvalue weighted by Crippen LogP contribution is 2.38. The molecule has 0 aromatic heterocycles. The average Bonchev–Trinajstić information content (AvgIpc) is 3.59. The van der Waals surface area contributed by atoms with Gasteiger partial charge in [0.25, 0.3) is 5.69 Å². The predicted octanol–water partition coefficient (Wildman–Crippen LogP) is 9.17. The number of fused-ring (bicyclic) bond motifs is 2. The number of nitrogens with two attached hydrogens (primary N) is 1. The molecule has 226 valence electrons. The van der Waals surface area contributed by atoms with E-state index in [2.05, 4.69) is 0 Å². The minimum atomic E-state index is -0.534. The number of nitrogens with zero attached hydrogens (tertiary/aromatic N) is 1. The van der Waals surface area contributed by atoms with Gasteiger partial charge >= 0.3 is 11.9 Å². The summed E-state index contributed by atoms with van der Waals surface area (Å²) in [5.41, 5.74) is 11.0. The summed E-state index contributed by atoms with van der Waals surface area (Å²) in [6.45, 7) is 0. The van der Waals surface area contributed by atoms with Crippen molar-refractivity contribution in [1.29, 1.82) is 0 Å². The third-order valence-corrected chi connectivity index (χ3v) is 8.84. The number of nitrogen functional groups attached to an aromatic ring is 1. The highest BCUT2D eigenvalue weighted by Gasteiger charge is 2.29. The van der Waals surface area contributed by atoms with Crippen molar-refractivity contribution >= 4 is 69.7 Å². The van der Waals surface area contributed by atoms with Crippen molar-refractivity contribution in [2.45, 2.75) is 37.9 Å². The van der Waals surface area contributed by atoms with Crippen LogP contribution in [0.25, 0.3) is 0 Å². The molecular weight excluding hydrogens is 650 g/mol. The highest BCUT2D eigenvalue weighted by molar-refractivity contribution is 6.42. The van der Waals surface area contributed by atoms with Crippen LogP contribution in [0.15, 0.2) is 72.8 Å². The Morgan fingerprint density at radius 3 is 1.64 bits per heavy atom. The van der Waals surface area contributed by atoms with Gasteiger partial charge in [-0.25, -0.2) is 9.59 Å². The molecule has 4 aromatic carbocycles. The van der Waals surface area contributed by atoms with Crippen molar-refractivity contribution in [3.8, 4) is 0 Å². The average molecular weight is 674 g/mol. The van der Waals surface area contributed by atoms with Gasteiger partial charge in [0.2, 0.25) is 0 Å². The maximum atomic E-state index is 12.2. The lowest BCUT2D eigenvalue weighted by Crippen LogP contribution is -2.10. The minimum Gasteiger partial charge on any atom is -0.454 e. The summed E-state index contributed by atoms with van der Waals surface area (Å²) in [5.74, 6) is -0.943. The molecule has 0 amide bonds. The number of hydrogen-bond donors (Lipinski definition) is 1. The van der Waals surface area contributed by atoms with Crippen LogP contribution in [0.5, 0.6) is 0 Å². The Morgan fingerprint density at radius 2 is 1.16 bits per heavy atom. The Balaban J connectivity index is 0.000000175. The van der Waals surface area contributed by atoms with Gasteiger partial charge in [-0.3, -0.25) is 10.1 Å². The molecule has 2 N–H and O–H groups in total. The van der Waals surface area contributed by atoms with E-state index in [1.165, 1.54) is 42.0 Å². The van der Waals surface area contributed by atoms with Gasteiger partial charge in [-0.15, -0.1) is 0 Å². The number of hydrogen-bond acceptors (Lipinski definition) is 7. The molecule has 0 bridgehead atoms. The monoisotopic (exact) mass is 672 g/mol. The third kappa shape index (κ3) is 7.11. The van der Waals surface area contributed by atoms with Crippen LogP contribution in [0.3, 0.4) is 0 Å². The molecule has 0 saturated heterocycles. The predicted molar refractivity (Wildman–Crippen MR) is 170 cm³/mol. The van der Waals surface area contributed by atoms with Crippen LogP contribution in [-0.2, 0) is 22.3 Å². The lowest BCUT2D eigenvalue weighted by Gasteiger charge is -2.14. The van der Waals surface area contributed by atoms with Gasteiger partial charge in [-0.1, -0.05) is 58.5 Å². The first-order valence-corrected chi connectivity index (χ1v) is 15.0. The van der Waals surface area contributed by atoms with Crippen molar-refractivity contribution in [3.05, 3.63) is 136 Å². The molecule has 0 heterocycles. The topological polar surface area (TPSA) is 122 Å². The molecule has 2 unspecified atom stereocenters. The maximum absolute atomic E-state index is 12.2. The Bertz CT molecular complexity index is 1780. The van der Waals surface area contributed by atoms with Crippen molar-refractivity contribution in [3.63, 3.8) is 0 Å². The SMILES string of the molecule is Nc1ccc2c(c1)C(OC(=O)c1ccc(Cl)c(Cl)c1)CC2.O=C(OC1CCc2ccc([N+](=O)[O-])cc21)c1ccc(Cl)c(Cl)c1. The van der Waals surface area contributed by atoms with Gasteiger partial charge in [0, 0.05) is 23.4 Å². The smallest absolute Gasteiger partial charge is 0.338 e. The summed E-state index contributed by atoms with van der Waals surface area (Å²) in [4.78, 5) is 34.9. The van der Waals surface area contributed by atoms with Gasteiger partial charge < -0.3 is 15.2 Å². The standard InChI is InChI=1S/C16H11Cl2NO4.C16H13Cl2NO2/c17-13-5-2-10(7-14(13)18)16(20)23-15-6-3-9-1-4-11(19(21)22)8-12(9)15;17-13-5-2-10(7-14(13)18)16(20)21-15-6-3-9-1-4-11(19)8-12(9)15/h1-2,4-5,7-8,15H,3,6H2;1-2,4-5,7-8,15H,3,6,19H2. The fourth-order valence-corrected chi connectivity index (χ4v) is 5.73. The van der Waals surface area contributed by atoms with Crippen molar-refractivity contribution < 1.29 is 24.0 Å². The minimum absolute atomic E-state index is 0.0127. The van der Waals surface area contributed by atoms with Crippen LogP contribution >= 0.6 is 46.4 Å². The number of rotatable bonds is 5. The summed E-state index contributed by atoms with van der Waals surface area (Å²) in [6.07, 6.45) is 2.22. The van der Waals surface area contributed by atoms with Gasteiger partial charge in [0.05, 0.1) is 36.1 Å². The first kappa shape index (κ1) is 31.6. The van der Waals surface area contributed by atoms with E-state index in [1.807, 2.05) is 18.2 Å². The number of anilines is 1. The fraction of sp³-hybridized carbons (Fsp3) is 0.188. The van der Waals surface area contributed by atoms with Crippen LogP contribution in [-0.4, -0.2) is 16.9 Å². The zero-order valence-electron chi connectivity index (χ0n) is 22.9. The number of non-ortho nitro benzene ring substituents is 1. The molecule has 0 saturated carbocycles. The lowest BCUT2D eigenvalue weighted by molar-refractivity contribution is -0.385. The normalized spacial score (nSPS) is 16.3. The quantitative estimate of drug-likeness (QED) is 0.0970. The van der Waals surface area contributed by atoms with Crippen LogP contribution in [0.2, 0.25) is 20.1 Å². The van der Waals surface area contributed by atoms with Gasteiger partial charge in [0.15, 0.2) is 0 Å². The molecular formula is C32H24Cl4N2O6. The number of ether oxygens (including phenoxy) is 2. The summed E-state index contributed by atoms with van der Waals surface area (Å²) in [6, 6.07) is 19.5. The third-order valence-electron chi connectivity index (χ3n) is 7.36. The van der Waals surface area contributed by atoms with E-state index >= 15 is 0 Å². The van der Waals surface area contributed by atoms with Crippen LogP contribution in [0.1, 0.15) is 68.0 Å². The van der Waals surface area contributed by atoms with Crippen molar-refractivity contribution in [2.24, 2.45) is 0 Å². The summed E-state index contributed by atoms with van der Waals surface area (Å²) in [7, 11) is 0. The second-order valence-corrected chi connectivity index (χ2v) is 11.9. The zero-order chi connectivity index (χ0) is 31.5. The summed E-state index contributed by atoms with van der Waals surface area (Å²) < 4.78 is 11.1. The molecule has 6 rings (SSSR count). The van der Waals surface area contributed by atoms with Gasteiger partial charge in [-0.2, -0.15) is 0 Å². The molecule has 44 heavy (non-hydrogen) atoms. The Hall–Kier alpha value is -3.82. The van der Waals surface area contributed by atoms with Crippen LogP contribution < -0.4 is 5.73 Å². The van der Waals surface area contributed by atoms with Gasteiger partial charge in [0.1, 0.15) is 12.2 Å². The molecule has 12 heteroatoms. The molecule has 0 fully saturated rings. The number of nitro groups is 1. The molecule has 2 aliphatic rings. The number of aryl methyl sites for hydroxylation is 2.